The van der Waals surface area contributed by atoms with Gasteiger partial charge >= 0.3 is 0 Å². The largest absolute Gasteiger partial charge is 0.454 e. The fourth-order valence-electron chi connectivity index (χ4n) is 4.99. The second-order valence-electron chi connectivity index (χ2n) is 8.93. The molecule has 2 aliphatic rings. The number of carbonyl (C=O) groups excluding carboxylic acids is 1. The molecule has 1 fully saturated rings. The molecular weight excluding hydrogens is 469 g/mol. The molecule has 3 heterocycles. The van der Waals surface area contributed by atoms with Crippen molar-refractivity contribution in [3.8, 4) is 22.9 Å². The van der Waals surface area contributed by atoms with Crippen LogP contribution in [0.15, 0.2) is 60.7 Å². The second kappa shape index (κ2) is 8.89. The third kappa shape index (κ3) is 4.21. The van der Waals surface area contributed by atoms with Crippen molar-refractivity contribution in [3.05, 3.63) is 77.1 Å². The topological polar surface area (TPSA) is 56.6 Å². The normalized spacial score (nSPS) is 15.7. The molecule has 8 heteroatoms. The lowest BCUT2D eigenvalue weighted by atomic mass is 10.0. The SMILES string of the molecule is O=C(Cc1cccc(Cl)c1)N1CCC(n2c(-c3ccc4c(c3)OCO4)nc3cc(F)ccc32)CC1. The van der Waals surface area contributed by atoms with Crippen molar-refractivity contribution in [1.82, 2.24) is 14.5 Å². The quantitative estimate of drug-likeness (QED) is 0.371. The number of hydrogen-bond donors (Lipinski definition) is 0. The molecule has 0 aliphatic carbocycles. The van der Waals surface area contributed by atoms with Gasteiger partial charge in [-0.25, -0.2) is 9.37 Å². The number of imidazole rings is 1. The number of benzene rings is 3. The number of aromatic nitrogens is 2. The van der Waals surface area contributed by atoms with Crippen LogP contribution in [0.1, 0.15) is 24.4 Å². The van der Waals surface area contributed by atoms with Crippen LogP contribution in [0.4, 0.5) is 4.39 Å². The van der Waals surface area contributed by atoms with E-state index in [-0.39, 0.29) is 24.6 Å². The van der Waals surface area contributed by atoms with E-state index in [2.05, 4.69) is 4.57 Å². The molecule has 3 aromatic carbocycles. The highest BCUT2D eigenvalue weighted by Crippen LogP contribution is 2.39. The second-order valence-corrected chi connectivity index (χ2v) is 9.36. The van der Waals surface area contributed by atoms with Crippen molar-refractivity contribution >= 4 is 28.5 Å². The summed E-state index contributed by atoms with van der Waals surface area (Å²) < 4.78 is 27.2. The summed E-state index contributed by atoms with van der Waals surface area (Å²) in [5.74, 6) is 1.91. The molecule has 35 heavy (non-hydrogen) atoms. The number of halogens is 2. The summed E-state index contributed by atoms with van der Waals surface area (Å²) >= 11 is 6.07. The zero-order valence-corrected chi connectivity index (χ0v) is 19.7. The molecule has 0 saturated carbocycles. The van der Waals surface area contributed by atoms with Crippen molar-refractivity contribution in [2.45, 2.75) is 25.3 Å². The summed E-state index contributed by atoms with van der Waals surface area (Å²) in [6, 6.07) is 18.0. The number of likely N-dealkylation sites (tertiary alicyclic amines) is 1. The highest BCUT2D eigenvalue weighted by molar-refractivity contribution is 6.30. The average molecular weight is 492 g/mol. The van der Waals surface area contributed by atoms with E-state index in [4.69, 9.17) is 26.1 Å². The number of piperidine rings is 1. The van der Waals surface area contributed by atoms with Gasteiger partial charge in [-0.3, -0.25) is 4.79 Å². The first-order chi connectivity index (χ1) is 17.0. The van der Waals surface area contributed by atoms with Gasteiger partial charge in [0, 0.05) is 35.8 Å². The molecular formula is C27H23ClFN3O3. The molecule has 0 unspecified atom stereocenters. The van der Waals surface area contributed by atoms with E-state index in [9.17, 15) is 9.18 Å². The van der Waals surface area contributed by atoms with Crippen molar-refractivity contribution < 1.29 is 18.7 Å². The highest BCUT2D eigenvalue weighted by Gasteiger charge is 2.28. The van der Waals surface area contributed by atoms with Gasteiger partial charge in [0.15, 0.2) is 11.5 Å². The Balaban J connectivity index is 1.27. The number of hydrogen-bond acceptors (Lipinski definition) is 4. The average Bonchev–Trinajstić information content (AvgIpc) is 3.48. The molecule has 0 N–H and O–H groups in total. The minimum absolute atomic E-state index is 0.0965. The van der Waals surface area contributed by atoms with Crippen LogP contribution in [0, 0.1) is 5.82 Å². The molecule has 0 spiro atoms. The van der Waals surface area contributed by atoms with Crippen molar-refractivity contribution in [1.29, 1.82) is 0 Å². The summed E-state index contributed by atoms with van der Waals surface area (Å²) in [5.41, 5.74) is 3.28. The Morgan fingerprint density at radius 1 is 1.03 bits per heavy atom. The minimum atomic E-state index is -0.319. The van der Waals surface area contributed by atoms with Gasteiger partial charge in [0.05, 0.1) is 17.5 Å². The maximum atomic E-state index is 14.0. The first-order valence-corrected chi connectivity index (χ1v) is 12.0. The first-order valence-electron chi connectivity index (χ1n) is 11.6. The van der Waals surface area contributed by atoms with Crippen molar-refractivity contribution in [2.75, 3.05) is 19.9 Å². The molecule has 0 atom stereocenters. The third-order valence-electron chi connectivity index (χ3n) is 6.71. The Bertz CT molecular complexity index is 1430. The van der Waals surface area contributed by atoms with Crippen LogP contribution < -0.4 is 9.47 Å². The summed E-state index contributed by atoms with van der Waals surface area (Å²) in [4.78, 5) is 19.6. The third-order valence-corrected chi connectivity index (χ3v) is 6.94. The Labute approximate surface area is 206 Å². The molecule has 0 bridgehead atoms. The fourth-order valence-corrected chi connectivity index (χ4v) is 5.20. The van der Waals surface area contributed by atoms with Crippen LogP contribution in [0.2, 0.25) is 5.02 Å². The van der Waals surface area contributed by atoms with Crippen LogP contribution in [-0.2, 0) is 11.2 Å². The number of amides is 1. The van der Waals surface area contributed by atoms with Crippen molar-refractivity contribution in [2.24, 2.45) is 0 Å². The van der Waals surface area contributed by atoms with Gasteiger partial charge in [-0.15, -0.1) is 0 Å². The van der Waals surface area contributed by atoms with Crippen molar-refractivity contribution in [3.63, 3.8) is 0 Å². The van der Waals surface area contributed by atoms with Crippen LogP contribution in [0.3, 0.4) is 0 Å². The Hall–Kier alpha value is -3.58. The Morgan fingerprint density at radius 3 is 2.69 bits per heavy atom. The van der Waals surface area contributed by atoms with E-state index in [0.717, 1.165) is 35.3 Å². The Kier molecular flexibility index (Phi) is 5.57. The van der Waals surface area contributed by atoms with Gasteiger partial charge in [-0.2, -0.15) is 0 Å². The maximum Gasteiger partial charge on any atom is 0.231 e. The maximum absolute atomic E-state index is 14.0. The number of rotatable bonds is 4. The zero-order valence-electron chi connectivity index (χ0n) is 18.9. The summed E-state index contributed by atoms with van der Waals surface area (Å²) in [7, 11) is 0. The highest BCUT2D eigenvalue weighted by atomic mass is 35.5. The van der Waals surface area contributed by atoms with E-state index in [1.807, 2.05) is 41.3 Å². The first kappa shape index (κ1) is 21.9. The predicted molar refractivity (Wildman–Crippen MR) is 131 cm³/mol. The van der Waals surface area contributed by atoms with Gasteiger partial charge < -0.3 is 18.9 Å². The molecule has 1 saturated heterocycles. The summed E-state index contributed by atoms with van der Waals surface area (Å²) in [6.45, 7) is 1.49. The number of carbonyl (C=O) groups is 1. The molecule has 6 rings (SSSR count). The molecule has 4 aromatic rings. The lowest BCUT2D eigenvalue weighted by Crippen LogP contribution is -2.40. The Morgan fingerprint density at radius 2 is 1.86 bits per heavy atom. The van der Waals surface area contributed by atoms with E-state index in [0.29, 0.717) is 41.5 Å². The van der Waals surface area contributed by atoms with Crippen LogP contribution in [-0.4, -0.2) is 40.2 Å². The monoisotopic (exact) mass is 491 g/mol. The summed E-state index contributed by atoms with van der Waals surface area (Å²) in [6.07, 6.45) is 1.89. The molecule has 1 aromatic heterocycles. The zero-order chi connectivity index (χ0) is 23.9. The number of nitrogens with zero attached hydrogens (tertiary/aromatic N) is 3. The summed E-state index contributed by atoms with van der Waals surface area (Å²) in [5, 5.41) is 0.633. The van der Waals surface area contributed by atoms with Crippen LogP contribution in [0.5, 0.6) is 11.5 Å². The molecule has 6 nitrogen and oxygen atoms in total. The number of fused-ring (bicyclic) bond motifs is 2. The lowest BCUT2D eigenvalue weighted by molar-refractivity contribution is -0.131. The van der Waals surface area contributed by atoms with Gasteiger partial charge in [0.2, 0.25) is 12.7 Å². The lowest BCUT2D eigenvalue weighted by Gasteiger charge is -2.34. The molecule has 178 valence electrons. The van der Waals surface area contributed by atoms with Gasteiger partial charge in [-0.05, 0) is 60.9 Å². The van der Waals surface area contributed by atoms with Gasteiger partial charge in [-0.1, -0.05) is 23.7 Å². The van der Waals surface area contributed by atoms with E-state index >= 15 is 0 Å². The smallest absolute Gasteiger partial charge is 0.231 e. The number of ether oxygens (including phenoxy) is 2. The molecule has 0 radical (unpaired) electrons. The van der Waals surface area contributed by atoms with Crippen LogP contribution in [0.25, 0.3) is 22.4 Å². The van der Waals surface area contributed by atoms with E-state index in [1.165, 1.54) is 12.1 Å². The molecule has 1 amide bonds. The van der Waals surface area contributed by atoms with Gasteiger partial charge in [0.25, 0.3) is 0 Å². The van der Waals surface area contributed by atoms with Crippen LogP contribution >= 0.6 is 11.6 Å². The predicted octanol–water partition coefficient (Wildman–Crippen LogP) is 5.63. The fraction of sp³-hybridized carbons (Fsp3) is 0.259. The standard InChI is InChI=1S/C27H23ClFN3O3/c28-19-3-1-2-17(12-19)13-26(33)31-10-8-21(9-11-31)32-23-6-5-20(29)15-22(23)30-27(32)18-4-7-24-25(14-18)35-16-34-24/h1-7,12,14-15,21H,8-11,13,16H2. The van der Waals surface area contributed by atoms with E-state index in [1.54, 1.807) is 12.1 Å². The van der Waals surface area contributed by atoms with Gasteiger partial charge in [0.1, 0.15) is 11.6 Å². The minimum Gasteiger partial charge on any atom is -0.454 e. The van der Waals surface area contributed by atoms with E-state index < -0.39 is 0 Å². The molecule has 2 aliphatic heterocycles.